The largest absolute Gasteiger partial charge is 0.493 e. The molecule has 0 radical (unpaired) electrons. The Morgan fingerprint density at radius 1 is 1.26 bits per heavy atom. The predicted molar refractivity (Wildman–Crippen MR) is 65.5 cm³/mol. The number of rotatable bonds is 6. The fourth-order valence-corrected chi connectivity index (χ4v) is 1.36. The summed E-state index contributed by atoms with van der Waals surface area (Å²) >= 11 is 0. The first kappa shape index (κ1) is 14.8. The molecular formula is C12H15NO6. The summed E-state index contributed by atoms with van der Waals surface area (Å²) < 4.78 is 10.1. The quantitative estimate of drug-likeness (QED) is 0.665. The number of carboxylic acid groups (broad SMARTS) is 1. The van der Waals surface area contributed by atoms with Crippen LogP contribution < -0.4 is 14.8 Å². The van der Waals surface area contributed by atoms with Gasteiger partial charge in [0.15, 0.2) is 17.6 Å². The van der Waals surface area contributed by atoms with Crippen molar-refractivity contribution in [1.82, 2.24) is 5.32 Å². The van der Waals surface area contributed by atoms with Crippen LogP contribution in [0.4, 0.5) is 0 Å². The molecule has 1 amide bonds. The van der Waals surface area contributed by atoms with Gasteiger partial charge in [0.05, 0.1) is 20.8 Å². The van der Waals surface area contributed by atoms with E-state index in [0.29, 0.717) is 11.5 Å². The molecule has 0 aliphatic rings. The smallest absolute Gasteiger partial charge is 0.334 e. The van der Waals surface area contributed by atoms with Crippen LogP contribution in [0.1, 0.15) is 10.4 Å². The minimum Gasteiger partial charge on any atom is -0.493 e. The molecule has 0 saturated carbocycles. The first-order valence-corrected chi connectivity index (χ1v) is 5.40. The summed E-state index contributed by atoms with van der Waals surface area (Å²) in [5.41, 5.74) is 0.273. The van der Waals surface area contributed by atoms with E-state index in [1.54, 1.807) is 6.07 Å². The lowest BCUT2D eigenvalue weighted by atomic mass is 10.2. The van der Waals surface area contributed by atoms with E-state index in [9.17, 15) is 9.59 Å². The number of aliphatic hydroxyl groups is 1. The van der Waals surface area contributed by atoms with Crippen LogP contribution in [-0.2, 0) is 4.79 Å². The summed E-state index contributed by atoms with van der Waals surface area (Å²) in [6.45, 7) is -0.373. The van der Waals surface area contributed by atoms with Crippen molar-refractivity contribution in [3.63, 3.8) is 0 Å². The molecule has 0 aliphatic heterocycles. The molecule has 0 aromatic heterocycles. The first-order chi connectivity index (χ1) is 8.99. The number of carbonyl (C=O) groups is 2. The SMILES string of the molecule is COc1ccc(C(=O)NC[C@H](O)C(=O)O)cc1OC. The van der Waals surface area contributed by atoms with E-state index >= 15 is 0 Å². The summed E-state index contributed by atoms with van der Waals surface area (Å²) in [5, 5.41) is 19.8. The number of aliphatic hydroxyl groups excluding tert-OH is 1. The van der Waals surface area contributed by atoms with Gasteiger partial charge in [0.1, 0.15) is 0 Å². The van der Waals surface area contributed by atoms with Crippen LogP contribution in [0.25, 0.3) is 0 Å². The van der Waals surface area contributed by atoms with E-state index in [1.807, 2.05) is 0 Å². The van der Waals surface area contributed by atoms with Crippen molar-refractivity contribution in [2.45, 2.75) is 6.10 Å². The molecule has 0 saturated heterocycles. The van der Waals surface area contributed by atoms with Crippen molar-refractivity contribution in [2.75, 3.05) is 20.8 Å². The molecule has 1 rings (SSSR count). The maximum Gasteiger partial charge on any atom is 0.334 e. The van der Waals surface area contributed by atoms with Crippen molar-refractivity contribution in [3.8, 4) is 11.5 Å². The van der Waals surface area contributed by atoms with Gasteiger partial charge in [-0.2, -0.15) is 0 Å². The average molecular weight is 269 g/mol. The molecule has 1 aromatic rings. The van der Waals surface area contributed by atoms with E-state index in [4.69, 9.17) is 19.7 Å². The Bertz CT molecular complexity index is 473. The lowest BCUT2D eigenvalue weighted by Gasteiger charge is -2.10. The van der Waals surface area contributed by atoms with Crippen LogP contribution >= 0.6 is 0 Å². The van der Waals surface area contributed by atoms with Crippen molar-refractivity contribution < 1.29 is 29.3 Å². The second-order valence-electron chi connectivity index (χ2n) is 3.63. The van der Waals surface area contributed by atoms with Crippen LogP contribution in [0.2, 0.25) is 0 Å². The van der Waals surface area contributed by atoms with Gasteiger partial charge in [-0.05, 0) is 18.2 Å². The van der Waals surface area contributed by atoms with Gasteiger partial charge < -0.3 is 25.0 Å². The predicted octanol–water partition coefficient (Wildman–Crippen LogP) is -0.121. The number of benzene rings is 1. The highest BCUT2D eigenvalue weighted by atomic mass is 16.5. The molecule has 0 spiro atoms. The van der Waals surface area contributed by atoms with Crippen molar-refractivity contribution >= 4 is 11.9 Å². The van der Waals surface area contributed by atoms with E-state index in [0.717, 1.165) is 0 Å². The molecule has 7 heteroatoms. The fraction of sp³-hybridized carbons (Fsp3) is 0.333. The minimum absolute atomic E-state index is 0.273. The third-order valence-corrected chi connectivity index (χ3v) is 2.39. The number of hydrogen-bond donors (Lipinski definition) is 3. The molecule has 104 valence electrons. The average Bonchev–Trinajstić information content (AvgIpc) is 2.43. The van der Waals surface area contributed by atoms with Gasteiger partial charge in [0.25, 0.3) is 5.91 Å². The molecular weight excluding hydrogens is 254 g/mol. The number of aliphatic carboxylic acids is 1. The van der Waals surface area contributed by atoms with Crippen molar-refractivity contribution in [2.24, 2.45) is 0 Å². The third kappa shape index (κ3) is 3.85. The van der Waals surface area contributed by atoms with E-state index in [2.05, 4.69) is 5.32 Å². The Kier molecular flexibility index (Phi) is 5.13. The molecule has 7 nitrogen and oxygen atoms in total. The number of carboxylic acids is 1. The Morgan fingerprint density at radius 3 is 2.42 bits per heavy atom. The Hall–Kier alpha value is -2.28. The Balaban J connectivity index is 2.75. The number of methoxy groups -OCH3 is 2. The van der Waals surface area contributed by atoms with Gasteiger partial charge >= 0.3 is 5.97 Å². The zero-order valence-corrected chi connectivity index (χ0v) is 10.5. The zero-order chi connectivity index (χ0) is 14.4. The first-order valence-electron chi connectivity index (χ1n) is 5.40. The minimum atomic E-state index is -1.64. The maximum absolute atomic E-state index is 11.7. The van der Waals surface area contributed by atoms with Crippen LogP contribution in [-0.4, -0.2) is 49.0 Å². The maximum atomic E-state index is 11.7. The summed E-state index contributed by atoms with van der Waals surface area (Å²) in [6.07, 6.45) is -1.64. The van der Waals surface area contributed by atoms with Crippen molar-refractivity contribution in [3.05, 3.63) is 23.8 Å². The second-order valence-corrected chi connectivity index (χ2v) is 3.63. The Morgan fingerprint density at radius 2 is 1.89 bits per heavy atom. The normalized spacial score (nSPS) is 11.5. The standard InChI is InChI=1S/C12H15NO6/c1-18-9-4-3-7(5-10(9)19-2)11(15)13-6-8(14)12(16)17/h3-5,8,14H,6H2,1-2H3,(H,13,15)(H,16,17)/t8-/m0/s1. The molecule has 0 fully saturated rings. The van der Waals surface area contributed by atoms with E-state index in [1.165, 1.54) is 26.4 Å². The number of ether oxygens (including phenoxy) is 2. The third-order valence-electron chi connectivity index (χ3n) is 2.39. The molecule has 0 heterocycles. The van der Waals surface area contributed by atoms with Crippen LogP contribution in [0.5, 0.6) is 11.5 Å². The monoisotopic (exact) mass is 269 g/mol. The summed E-state index contributed by atoms with van der Waals surface area (Å²) in [7, 11) is 2.91. The van der Waals surface area contributed by atoms with Crippen molar-refractivity contribution in [1.29, 1.82) is 0 Å². The Labute approximate surface area is 109 Å². The van der Waals surface area contributed by atoms with E-state index in [-0.39, 0.29) is 12.1 Å². The van der Waals surface area contributed by atoms with Crippen LogP contribution in [0.3, 0.4) is 0 Å². The number of hydrogen-bond acceptors (Lipinski definition) is 5. The van der Waals surface area contributed by atoms with Gasteiger partial charge in [-0.1, -0.05) is 0 Å². The van der Waals surface area contributed by atoms with Crippen LogP contribution in [0, 0.1) is 0 Å². The summed E-state index contributed by atoms with van der Waals surface area (Å²) in [6, 6.07) is 4.52. The molecule has 1 atom stereocenters. The van der Waals surface area contributed by atoms with Gasteiger partial charge in [0, 0.05) is 5.56 Å². The molecule has 19 heavy (non-hydrogen) atoms. The molecule has 1 aromatic carbocycles. The molecule has 3 N–H and O–H groups in total. The van der Waals surface area contributed by atoms with Gasteiger partial charge in [-0.25, -0.2) is 4.79 Å². The second kappa shape index (κ2) is 6.60. The fourth-order valence-electron chi connectivity index (χ4n) is 1.36. The van der Waals surface area contributed by atoms with Gasteiger partial charge in [-0.3, -0.25) is 4.79 Å². The number of nitrogens with one attached hydrogen (secondary N) is 1. The highest BCUT2D eigenvalue weighted by Gasteiger charge is 2.16. The van der Waals surface area contributed by atoms with Crippen LogP contribution in [0.15, 0.2) is 18.2 Å². The number of carbonyl (C=O) groups excluding carboxylic acids is 1. The van der Waals surface area contributed by atoms with Gasteiger partial charge in [-0.15, -0.1) is 0 Å². The lowest BCUT2D eigenvalue weighted by Crippen LogP contribution is -2.36. The molecule has 0 bridgehead atoms. The summed E-state index contributed by atoms with van der Waals surface area (Å²) in [4.78, 5) is 22.1. The zero-order valence-electron chi connectivity index (χ0n) is 10.5. The van der Waals surface area contributed by atoms with Gasteiger partial charge in [0.2, 0.25) is 0 Å². The highest BCUT2D eigenvalue weighted by Crippen LogP contribution is 2.27. The van der Waals surface area contributed by atoms with E-state index < -0.39 is 18.0 Å². The number of amides is 1. The molecule has 0 aliphatic carbocycles. The highest BCUT2D eigenvalue weighted by molar-refractivity contribution is 5.95. The topological polar surface area (TPSA) is 105 Å². The summed E-state index contributed by atoms with van der Waals surface area (Å²) in [5.74, 6) is -1.05. The lowest BCUT2D eigenvalue weighted by molar-refractivity contribution is -0.146. The molecule has 0 unspecified atom stereocenters.